The zero-order valence-electron chi connectivity index (χ0n) is 11.2. The number of hydrogen-bond donors (Lipinski definition) is 1. The zero-order valence-corrected chi connectivity index (χ0v) is 12.7. The third-order valence-corrected chi connectivity index (χ3v) is 3.86. The summed E-state index contributed by atoms with van der Waals surface area (Å²) in [5, 5.41) is 4.47. The molecule has 0 spiro atoms. The Labute approximate surface area is 128 Å². The van der Waals surface area contributed by atoms with Gasteiger partial charge in [0.1, 0.15) is 5.82 Å². The Morgan fingerprint density at radius 2 is 1.80 bits per heavy atom. The van der Waals surface area contributed by atoms with Crippen molar-refractivity contribution in [2.45, 2.75) is 12.3 Å². The van der Waals surface area contributed by atoms with Crippen molar-refractivity contribution in [1.29, 1.82) is 0 Å². The van der Waals surface area contributed by atoms with Crippen LogP contribution in [0.3, 0.4) is 0 Å². The van der Waals surface area contributed by atoms with E-state index < -0.39 is 0 Å². The summed E-state index contributed by atoms with van der Waals surface area (Å²) in [5.74, 6) is 0.0146. The van der Waals surface area contributed by atoms with Gasteiger partial charge in [-0.3, -0.25) is 0 Å². The van der Waals surface area contributed by atoms with E-state index in [-0.39, 0.29) is 11.7 Å². The van der Waals surface area contributed by atoms with Crippen LogP contribution in [0.4, 0.5) is 4.39 Å². The van der Waals surface area contributed by atoms with Crippen LogP contribution in [0.5, 0.6) is 0 Å². The fraction of sp³-hybridized carbons (Fsp3) is 0.250. The molecular formula is C16H16Cl2FN. The lowest BCUT2D eigenvalue weighted by Crippen LogP contribution is -2.19. The maximum absolute atomic E-state index is 13.0. The monoisotopic (exact) mass is 311 g/mol. The van der Waals surface area contributed by atoms with Gasteiger partial charge in [0, 0.05) is 22.5 Å². The summed E-state index contributed by atoms with van der Waals surface area (Å²) in [6.07, 6.45) is 0.780. The van der Waals surface area contributed by atoms with Gasteiger partial charge in [-0.1, -0.05) is 41.4 Å². The van der Waals surface area contributed by atoms with Crippen LogP contribution in [-0.2, 0) is 6.42 Å². The smallest absolute Gasteiger partial charge is 0.123 e. The second-order valence-electron chi connectivity index (χ2n) is 4.75. The van der Waals surface area contributed by atoms with Crippen molar-refractivity contribution >= 4 is 23.2 Å². The summed E-state index contributed by atoms with van der Waals surface area (Å²) in [4.78, 5) is 0. The molecule has 2 aromatic carbocycles. The summed E-state index contributed by atoms with van der Waals surface area (Å²) in [6.45, 7) is 0.796. The molecule has 0 aliphatic heterocycles. The molecule has 2 aromatic rings. The predicted octanol–water partition coefficient (Wildman–Crippen LogP) is 4.68. The molecule has 0 radical (unpaired) electrons. The highest BCUT2D eigenvalue weighted by molar-refractivity contribution is 6.35. The summed E-state index contributed by atoms with van der Waals surface area (Å²) in [6, 6.07) is 12.1. The van der Waals surface area contributed by atoms with Crippen LogP contribution in [0.1, 0.15) is 17.0 Å². The van der Waals surface area contributed by atoms with E-state index in [0.717, 1.165) is 24.1 Å². The first-order valence-corrected chi connectivity index (χ1v) is 7.19. The van der Waals surface area contributed by atoms with Crippen LogP contribution in [0, 0.1) is 5.82 Å². The number of nitrogens with one attached hydrogen (secondary N) is 1. The van der Waals surface area contributed by atoms with E-state index >= 15 is 0 Å². The van der Waals surface area contributed by atoms with E-state index in [1.807, 2.05) is 31.3 Å². The third-order valence-electron chi connectivity index (χ3n) is 3.27. The maximum atomic E-state index is 13.0. The van der Waals surface area contributed by atoms with Crippen molar-refractivity contribution in [3.05, 3.63) is 69.5 Å². The van der Waals surface area contributed by atoms with Gasteiger partial charge in [0.15, 0.2) is 0 Å². The highest BCUT2D eigenvalue weighted by Crippen LogP contribution is 2.27. The highest BCUT2D eigenvalue weighted by atomic mass is 35.5. The Balaban J connectivity index is 2.22. The minimum Gasteiger partial charge on any atom is -0.319 e. The Morgan fingerprint density at radius 3 is 2.40 bits per heavy atom. The molecule has 0 aliphatic carbocycles. The summed E-state index contributed by atoms with van der Waals surface area (Å²) < 4.78 is 13.0. The summed E-state index contributed by atoms with van der Waals surface area (Å²) >= 11 is 12.1. The first-order valence-electron chi connectivity index (χ1n) is 6.44. The molecule has 4 heteroatoms. The number of halogens is 3. The van der Waals surface area contributed by atoms with Crippen molar-refractivity contribution in [2.75, 3.05) is 13.6 Å². The topological polar surface area (TPSA) is 12.0 Å². The van der Waals surface area contributed by atoms with Crippen molar-refractivity contribution in [1.82, 2.24) is 5.32 Å². The molecular weight excluding hydrogens is 296 g/mol. The first-order chi connectivity index (χ1) is 9.60. The van der Waals surface area contributed by atoms with E-state index in [1.54, 1.807) is 6.07 Å². The number of rotatable bonds is 5. The van der Waals surface area contributed by atoms with Crippen molar-refractivity contribution < 1.29 is 4.39 Å². The fourth-order valence-corrected chi connectivity index (χ4v) is 2.73. The molecule has 20 heavy (non-hydrogen) atoms. The van der Waals surface area contributed by atoms with Crippen molar-refractivity contribution in [2.24, 2.45) is 0 Å². The SMILES string of the molecule is CNCC(Cc1ccc(Cl)cc1Cl)c1ccc(F)cc1. The normalized spacial score (nSPS) is 12.4. The molecule has 0 amide bonds. The molecule has 2 rings (SSSR count). The Bertz CT molecular complexity index is 569. The first kappa shape index (κ1) is 15.3. The lowest BCUT2D eigenvalue weighted by molar-refractivity contribution is 0.611. The average molecular weight is 312 g/mol. The molecule has 1 unspecified atom stereocenters. The van der Waals surface area contributed by atoms with Crippen LogP contribution in [0.15, 0.2) is 42.5 Å². The van der Waals surface area contributed by atoms with Crippen LogP contribution in [0.2, 0.25) is 10.0 Å². The van der Waals surface area contributed by atoms with E-state index in [0.29, 0.717) is 10.0 Å². The lowest BCUT2D eigenvalue weighted by Gasteiger charge is -2.18. The van der Waals surface area contributed by atoms with E-state index in [4.69, 9.17) is 23.2 Å². The number of hydrogen-bond acceptors (Lipinski definition) is 1. The van der Waals surface area contributed by atoms with Crippen molar-refractivity contribution in [3.63, 3.8) is 0 Å². The standard InChI is InChI=1S/C16H16Cl2FN/c1-20-10-13(11-3-6-15(19)7-4-11)8-12-2-5-14(17)9-16(12)18/h2-7,9,13,20H,8,10H2,1H3. The maximum Gasteiger partial charge on any atom is 0.123 e. The molecule has 0 saturated heterocycles. The van der Waals surface area contributed by atoms with Crippen molar-refractivity contribution in [3.8, 4) is 0 Å². The quantitative estimate of drug-likeness (QED) is 0.845. The van der Waals surface area contributed by atoms with Crippen LogP contribution < -0.4 is 5.32 Å². The molecule has 1 atom stereocenters. The Kier molecular flexibility index (Phi) is 5.41. The summed E-state index contributed by atoms with van der Waals surface area (Å²) in [7, 11) is 1.90. The zero-order chi connectivity index (χ0) is 14.5. The Morgan fingerprint density at radius 1 is 1.10 bits per heavy atom. The van der Waals surface area contributed by atoms with Gasteiger partial charge in [-0.15, -0.1) is 0 Å². The molecule has 0 saturated carbocycles. The minimum atomic E-state index is -0.221. The molecule has 1 nitrogen and oxygen atoms in total. The summed E-state index contributed by atoms with van der Waals surface area (Å²) in [5.41, 5.74) is 2.13. The lowest BCUT2D eigenvalue weighted by atomic mass is 9.92. The van der Waals surface area contributed by atoms with Gasteiger partial charge < -0.3 is 5.32 Å². The largest absolute Gasteiger partial charge is 0.319 e. The second-order valence-corrected chi connectivity index (χ2v) is 5.59. The van der Waals surface area contributed by atoms with Gasteiger partial charge in [-0.2, -0.15) is 0 Å². The Hall–Kier alpha value is -1.09. The molecule has 0 heterocycles. The van der Waals surface area contributed by atoms with Crippen LogP contribution in [0.25, 0.3) is 0 Å². The van der Waals surface area contributed by atoms with E-state index in [1.165, 1.54) is 12.1 Å². The van der Waals surface area contributed by atoms with Gasteiger partial charge in [-0.25, -0.2) is 4.39 Å². The van der Waals surface area contributed by atoms with E-state index in [2.05, 4.69) is 5.32 Å². The van der Waals surface area contributed by atoms with Gasteiger partial charge in [-0.05, 0) is 48.9 Å². The molecule has 0 aromatic heterocycles. The van der Waals surface area contributed by atoms with Gasteiger partial charge >= 0.3 is 0 Å². The minimum absolute atomic E-state index is 0.221. The number of benzene rings is 2. The van der Waals surface area contributed by atoms with Gasteiger partial charge in [0.25, 0.3) is 0 Å². The van der Waals surface area contributed by atoms with Gasteiger partial charge in [0.2, 0.25) is 0 Å². The molecule has 0 bridgehead atoms. The fourth-order valence-electron chi connectivity index (χ4n) is 2.24. The van der Waals surface area contributed by atoms with Crippen LogP contribution in [-0.4, -0.2) is 13.6 Å². The molecule has 0 fully saturated rings. The molecule has 1 N–H and O–H groups in total. The second kappa shape index (κ2) is 7.07. The number of likely N-dealkylation sites (N-methyl/N-ethyl adjacent to an activating group) is 1. The average Bonchev–Trinajstić information content (AvgIpc) is 2.42. The molecule has 0 aliphatic rings. The van der Waals surface area contributed by atoms with Crippen LogP contribution >= 0.6 is 23.2 Å². The van der Waals surface area contributed by atoms with E-state index in [9.17, 15) is 4.39 Å². The van der Waals surface area contributed by atoms with Gasteiger partial charge in [0.05, 0.1) is 0 Å². The molecule has 106 valence electrons. The third kappa shape index (κ3) is 3.95. The highest BCUT2D eigenvalue weighted by Gasteiger charge is 2.14. The predicted molar refractivity (Wildman–Crippen MR) is 83.2 cm³/mol.